The molecule has 0 aromatic heterocycles. The fraction of sp³-hybridized carbons (Fsp3) is 0.200. The summed E-state index contributed by atoms with van der Waals surface area (Å²) in [6, 6.07) is 5.04. The molecule has 0 aliphatic carbocycles. The van der Waals surface area contributed by atoms with Gasteiger partial charge < -0.3 is 4.74 Å². The highest BCUT2D eigenvalue weighted by Crippen LogP contribution is 2.24. The van der Waals surface area contributed by atoms with Crippen molar-refractivity contribution in [2.45, 2.75) is 5.88 Å². The molecule has 1 aromatic rings. The van der Waals surface area contributed by atoms with Gasteiger partial charge in [-0.3, -0.25) is 0 Å². The van der Waals surface area contributed by atoms with Gasteiger partial charge >= 0.3 is 5.97 Å². The average molecular weight is 289 g/mol. The predicted molar refractivity (Wildman–Crippen MR) is 59.8 cm³/mol. The lowest BCUT2D eigenvalue weighted by molar-refractivity contribution is 0.0600. The van der Waals surface area contributed by atoms with Gasteiger partial charge in [0.25, 0.3) is 0 Å². The quantitative estimate of drug-likeness (QED) is 0.621. The number of hydrogen-bond donors (Lipinski definition) is 0. The van der Waals surface area contributed by atoms with Crippen LogP contribution in [-0.2, 0) is 10.6 Å². The molecule has 0 radical (unpaired) electrons. The Morgan fingerprint density at radius 1 is 1.67 bits per heavy atom. The number of benzene rings is 1. The molecule has 1 rings (SSSR count). The second-order valence-electron chi connectivity index (χ2n) is 2.72. The molecular weight excluding hydrogens is 281 g/mol. The molecule has 1 aromatic carbocycles. The van der Waals surface area contributed by atoms with Gasteiger partial charge in [-0.15, -0.1) is 11.6 Å². The van der Waals surface area contributed by atoms with Crippen LogP contribution in [0.1, 0.15) is 21.5 Å². The molecule has 5 heteroatoms. The van der Waals surface area contributed by atoms with E-state index < -0.39 is 5.97 Å². The largest absolute Gasteiger partial charge is 0.465 e. The van der Waals surface area contributed by atoms with Crippen LogP contribution in [0.2, 0.25) is 0 Å². The van der Waals surface area contributed by atoms with E-state index in [0.717, 1.165) is 0 Å². The zero-order valence-corrected chi connectivity index (χ0v) is 10.2. The van der Waals surface area contributed by atoms with Crippen molar-refractivity contribution in [3.63, 3.8) is 0 Å². The van der Waals surface area contributed by atoms with Crippen molar-refractivity contribution < 1.29 is 9.53 Å². The second kappa shape index (κ2) is 5.15. The molecule has 0 N–H and O–H groups in total. The number of hydrogen-bond acceptors (Lipinski definition) is 3. The number of alkyl halides is 1. The van der Waals surface area contributed by atoms with Crippen molar-refractivity contribution >= 4 is 33.5 Å². The van der Waals surface area contributed by atoms with Crippen LogP contribution in [0, 0.1) is 11.3 Å². The third-order valence-corrected chi connectivity index (χ3v) is 2.85. The first-order valence-electron chi connectivity index (χ1n) is 4.00. The first-order valence-corrected chi connectivity index (χ1v) is 5.33. The number of carbonyl (C=O) groups is 1. The number of esters is 1. The Balaban J connectivity index is 3.33. The summed E-state index contributed by atoms with van der Waals surface area (Å²) in [5.41, 5.74) is 1.38. The van der Waals surface area contributed by atoms with Crippen LogP contribution in [0.5, 0.6) is 0 Å². The molecule has 0 aliphatic heterocycles. The van der Waals surface area contributed by atoms with E-state index in [1.165, 1.54) is 13.2 Å². The lowest BCUT2D eigenvalue weighted by Gasteiger charge is -2.06. The van der Waals surface area contributed by atoms with E-state index >= 15 is 0 Å². The highest BCUT2D eigenvalue weighted by atomic mass is 79.9. The number of rotatable bonds is 2. The summed E-state index contributed by atoms with van der Waals surface area (Å²) < 4.78 is 5.20. The summed E-state index contributed by atoms with van der Waals surface area (Å²) >= 11 is 8.94. The fourth-order valence-electron chi connectivity index (χ4n) is 1.11. The molecule has 0 spiro atoms. The molecular formula is C10H7BrClNO2. The molecule has 0 fully saturated rings. The lowest BCUT2D eigenvalue weighted by atomic mass is 10.1. The van der Waals surface area contributed by atoms with Crippen molar-refractivity contribution in [3.05, 3.63) is 33.3 Å². The van der Waals surface area contributed by atoms with Crippen LogP contribution in [0.25, 0.3) is 0 Å². The van der Waals surface area contributed by atoms with Gasteiger partial charge in [0.05, 0.1) is 24.3 Å². The summed E-state index contributed by atoms with van der Waals surface area (Å²) in [5.74, 6) is -0.265. The molecule has 78 valence electrons. The molecule has 0 saturated carbocycles. The average Bonchev–Trinajstić information content (AvgIpc) is 2.26. The zero-order chi connectivity index (χ0) is 11.4. The number of nitriles is 1. The standard InChI is InChI=1S/C10H7BrClNO2/c1-15-10(14)6-2-7(5-13)8(4-12)9(11)3-6/h2-3H,4H2,1H3. The minimum absolute atomic E-state index is 0.213. The van der Waals surface area contributed by atoms with Gasteiger partial charge in [-0.05, 0) is 17.7 Å². The molecule has 0 aliphatic rings. The highest BCUT2D eigenvalue weighted by Gasteiger charge is 2.12. The molecule has 0 saturated heterocycles. The first-order chi connectivity index (χ1) is 7.13. The summed E-state index contributed by atoms with van der Waals surface area (Å²) in [5, 5.41) is 8.87. The molecule has 0 atom stereocenters. The minimum Gasteiger partial charge on any atom is -0.465 e. The number of halogens is 2. The maximum Gasteiger partial charge on any atom is 0.337 e. The van der Waals surface area contributed by atoms with Crippen LogP contribution in [0.3, 0.4) is 0 Å². The van der Waals surface area contributed by atoms with Crippen molar-refractivity contribution in [2.24, 2.45) is 0 Å². The monoisotopic (exact) mass is 287 g/mol. The Morgan fingerprint density at radius 2 is 2.33 bits per heavy atom. The van der Waals surface area contributed by atoms with E-state index in [4.69, 9.17) is 16.9 Å². The van der Waals surface area contributed by atoms with Gasteiger partial charge in [0.2, 0.25) is 0 Å². The van der Waals surface area contributed by atoms with E-state index in [1.807, 2.05) is 6.07 Å². The van der Waals surface area contributed by atoms with Crippen molar-refractivity contribution in [3.8, 4) is 6.07 Å². The van der Waals surface area contributed by atoms with Gasteiger partial charge in [0, 0.05) is 10.4 Å². The SMILES string of the molecule is COC(=O)c1cc(Br)c(CCl)c(C#N)c1. The van der Waals surface area contributed by atoms with Crippen LogP contribution < -0.4 is 0 Å². The Labute approximate surface area is 101 Å². The van der Waals surface area contributed by atoms with E-state index in [-0.39, 0.29) is 5.88 Å². The van der Waals surface area contributed by atoms with Crippen molar-refractivity contribution in [1.29, 1.82) is 5.26 Å². The summed E-state index contributed by atoms with van der Waals surface area (Å²) in [7, 11) is 1.29. The first kappa shape index (κ1) is 12.0. The minimum atomic E-state index is -0.478. The number of carbonyl (C=O) groups excluding carboxylic acids is 1. The molecule has 3 nitrogen and oxygen atoms in total. The Hall–Kier alpha value is -1.05. The third kappa shape index (κ3) is 2.49. The van der Waals surface area contributed by atoms with Crippen LogP contribution in [0.4, 0.5) is 0 Å². The van der Waals surface area contributed by atoms with Gasteiger partial charge in [0.1, 0.15) is 0 Å². The fourth-order valence-corrected chi connectivity index (χ4v) is 2.16. The lowest BCUT2D eigenvalue weighted by Crippen LogP contribution is -2.03. The maximum absolute atomic E-state index is 11.2. The summed E-state index contributed by atoms with van der Waals surface area (Å²) in [4.78, 5) is 11.2. The summed E-state index contributed by atoms with van der Waals surface area (Å²) in [6.07, 6.45) is 0. The number of methoxy groups -OCH3 is 1. The smallest absolute Gasteiger partial charge is 0.337 e. The Kier molecular flexibility index (Phi) is 4.13. The van der Waals surface area contributed by atoms with Crippen molar-refractivity contribution in [1.82, 2.24) is 0 Å². The molecule has 15 heavy (non-hydrogen) atoms. The topological polar surface area (TPSA) is 50.1 Å². The van der Waals surface area contributed by atoms with Gasteiger partial charge in [-0.2, -0.15) is 5.26 Å². The second-order valence-corrected chi connectivity index (χ2v) is 3.84. The van der Waals surface area contributed by atoms with E-state index in [1.54, 1.807) is 6.07 Å². The Morgan fingerprint density at radius 3 is 2.80 bits per heavy atom. The maximum atomic E-state index is 11.2. The molecule has 0 bridgehead atoms. The third-order valence-electron chi connectivity index (χ3n) is 1.87. The van der Waals surface area contributed by atoms with Crippen LogP contribution >= 0.6 is 27.5 Å². The normalized spacial score (nSPS) is 9.47. The van der Waals surface area contributed by atoms with Crippen LogP contribution in [-0.4, -0.2) is 13.1 Å². The Bertz CT molecular complexity index is 440. The summed E-state index contributed by atoms with van der Waals surface area (Å²) in [6.45, 7) is 0. The van der Waals surface area contributed by atoms with E-state index in [9.17, 15) is 4.79 Å². The van der Waals surface area contributed by atoms with E-state index in [0.29, 0.717) is 21.2 Å². The van der Waals surface area contributed by atoms with Gasteiger partial charge in [0.15, 0.2) is 0 Å². The zero-order valence-electron chi connectivity index (χ0n) is 7.88. The van der Waals surface area contributed by atoms with Gasteiger partial charge in [-0.25, -0.2) is 4.79 Å². The molecule has 0 unspecified atom stereocenters. The highest BCUT2D eigenvalue weighted by molar-refractivity contribution is 9.10. The number of ether oxygens (including phenoxy) is 1. The van der Waals surface area contributed by atoms with Crippen molar-refractivity contribution in [2.75, 3.05) is 7.11 Å². The predicted octanol–water partition coefficient (Wildman–Crippen LogP) is 2.85. The molecule has 0 heterocycles. The molecule has 0 amide bonds. The van der Waals surface area contributed by atoms with Crippen LogP contribution in [0.15, 0.2) is 16.6 Å². The number of nitrogens with zero attached hydrogens (tertiary/aromatic N) is 1. The van der Waals surface area contributed by atoms with Gasteiger partial charge in [-0.1, -0.05) is 15.9 Å². The van der Waals surface area contributed by atoms with E-state index in [2.05, 4.69) is 20.7 Å².